The Morgan fingerprint density at radius 3 is 2.58 bits per heavy atom. The van der Waals surface area contributed by atoms with E-state index in [1.54, 1.807) is 80.1 Å². The fourth-order valence-corrected chi connectivity index (χ4v) is 6.09. The second-order valence-electron chi connectivity index (χ2n) is 9.44. The Morgan fingerprint density at radius 2 is 1.84 bits per heavy atom. The van der Waals surface area contributed by atoms with Crippen LogP contribution in [0.5, 0.6) is 0 Å². The number of amides is 1. The van der Waals surface area contributed by atoms with Crippen molar-refractivity contribution in [3.8, 4) is 16.9 Å². The van der Waals surface area contributed by atoms with Crippen LogP contribution < -0.4 is 0 Å². The van der Waals surface area contributed by atoms with Crippen LogP contribution >= 0.6 is 0 Å². The Kier molecular flexibility index (Phi) is 5.44. The monoisotopic (exact) mass is 528 g/mol. The zero-order chi connectivity index (χ0) is 26.7. The van der Waals surface area contributed by atoms with E-state index in [-0.39, 0.29) is 16.4 Å². The smallest absolute Gasteiger partial charge is 0.269 e. The van der Waals surface area contributed by atoms with Crippen LogP contribution in [0.15, 0.2) is 84.1 Å². The SMILES string of the molecule is Cc1ccc(S(=O)(=O)n2cc(-c3cnn(-c4cccc(C5(O)CCN(C)C5=O)c4)n3)c3cccnc32)cc1. The number of likely N-dealkylation sites (N-methyl/N-ethyl adjacent to an activating group) is 1. The number of nitrogens with zero attached hydrogens (tertiary/aromatic N) is 6. The Balaban J connectivity index is 1.42. The molecule has 0 saturated carbocycles. The van der Waals surface area contributed by atoms with Crippen LogP contribution in [0.4, 0.5) is 0 Å². The zero-order valence-corrected chi connectivity index (χ0v) is 21.5. The molecular formula is C27H24N6O4S. The molecular weight excluding hydrogens is 504 g/mol. The number of aromatic nitrogens is 5. The predicted molar refractivity (Wildman–Crippen MR) is 140 cm³/mol. The maximum atomic E-state index is 13.5. The fraction of sp³-hybridized carbons (Fsp3) is 0.185. The molecule has 1 unspecified atom stereocenters. The highest BCUT2D eigenvalue weighted by Gasteiger charge is 2.45. The van der Waals surface area contributed by atoms with Crippen molar-refractivity contribution in [3.05, 3.63) is 90.4 Å². The molecule has 0 radical (unpaired) electrons. The molecule has 2 aromatic carbocycles. The first-order chi connectivity index (χ1) is 18.2. The van der Waals surface area contributed by atoms with Gasteiger partial charge in [-0.25, -0.2) is 17.4 Å². The van der Waals surface area contributed by atoms with Crippen molar-refractivity contribution in [2.24, 2.45) is 0 Å². The van der Waals surface area contributed by atoms with E-state index < -0.39 is 15.6 Å². The number of aryl methyl sites for hydroxylation is 1. The third-order valence-corrected chi connectivity index (χ3v) is 8.61. The molecule has 1 amide bonds. The highest BCUT2D eigenvalue weighted by Crippen LogP contribution is 2.34. The number of hydrogen-bond acceptors (Lipinski definition) is 7. The summed E-state index contributed by atoms with van der Waals surface area (Å²) in [5.74, 6) is -0.348. The van der Waals surface area contributed by atoms with Gasteiger partial charge in [-0.05, 0) is 48.9 Å². The first kappa shape index (κ1) is 24.0. The zero-order valence-electron chi connectivity index (χ0n) is 20.7. The highest BCUT2D eigenvalue weighted by atomic mass is 32.2. The van der Waals surface area contributed by atoms with Gasteiger partial charge >= 0.3 is 0 Å². The van der Waals surface area contributed by atoms with Crippen molar-refractivity contribution >= 4 is 27.0 Å². The van der Waals surface area contributed by atoms with E-state index in [9.17, 15) is 18.3 Å². The van der Waals surface area contributed by atoms with Crippen LogP contribution in [-0.2, 0) is 20.4 Å². The molecule has 3 aromatic heterocycles. The number of carbonyl (C=O) groups excluding carboxylic acids is 1. The Labute approximate surface area is 218 Å². The summed E-state index contributed by atoms with van der Waals surface area (Å²) in [4.78, 5) is 20.0. The molecule has 0 bridgehead atoms. The van der Waals surface area contributed by atoms with E-state index in [4.69, 9.17) is 0 Å². The molecule has 1 aliphatic heterocycles. The lowest BCUT2D eigenvalue weighted by molar-refractivity contribution is -0.143. The van der Waals surface area contributed by atoms with Crippen molar-refractivity contribution in [2.45, 2.75) is 23.8 Å². The van der Waals surface area contributed by atoms with Crippen LogP contribution in [-0.4, -0.2) is 61.9 Å². The fourth-order valence-electron chi connectivity index (χ4n) is 4.76. The molecule has 1 fully saturated rings. The molecule has 4 heterocycles. The number of fused-ring (bicyclic) bond motifs is 1. The molecule has 1 atom stereocenters. The summed E-state index contributed by atoms with van der Waals surface area (Å²) in [7, 11) is -2.25. The molecule has 10 nitrogen and oxygen atoms in total. The first-order valence-corrected chi connectivity index (χ1v) is 13.4. The van der Waals surface area contributed by atoms with Gasteiger partial charge in [0, 0.05) is 43.4 Å². The van der Waals surface area contributed by atoms with E-state index in [1.165, 1.54) is 19.9 Å². The number of aliphatic hydroxyl groups is 1. The maximum absolute atomic E-state index is 13.5. The third-order valence-electron chi connectivity index (χ3n) is 6.94. The van der Waals surface area contributed by atoms with Gasteiger partial charge in [-0.2, -0.15) is 9.90 Å². The van der Waals surface area contributed by atoms with E-state index in [1.807, 2.05) is 6.92 Å². The Bertz CT molecular complexity index is 1810. The lowest BCUT2D eigenvalue weighted by Gasteiger charge is -2.21. The number of hydrogen-bond donors (Lipinski definition) is 1. The molecule has 0 aliphatic carbocycles. The van der Waals surface area contributed by atoms with E-state index >= 15 is 0 Å². The molecule has 1 aliphatic rings. The van der Waals surface area contributed by atoms with Gasteiger partial charge in [0.2, 0.25) is 0 Å². The molecule has 38 heavy (non-hydrogen) atoms. The minimum absolute atomic E-state index is 0.155. The number of carbonyl (C=O) groups is 1. The summed E-state index contributed by atoms with van der Waals surface area (Å²) >= 11 is 0. The number of rotatable bonds is 5. The normalized spacial score (nSPS) is 18.0. The second-order valence-corrected chi connectivity index (χ2v) is 11.3. The van der Waals surface area contributed by atoms with Gasteiger partial charge < -0.3 is 10.0 Å². The molecule has 6 rings (SSSR count). The van der Waals surface area contributed by atoms with Crippen molar-refractivity contribution in [3.63, 3.8) is 0 Å². The summed E-state index contributed by atoms with van der Waals surface area (Å²) in [6.07, 6.45) is 4.89. The predicted octanol–water partition coefficient (Wildman–Crippen LogP) is 2.88. The van der Waals surface area contributed by atoms with Crippen molar-refractivity contribution in [1.82, 2.24) is 28.9 Å². The average molecular weight is 529 g/mol. The van der Waals surface area contributed by atoms with Gasteiger partial charge in [-0.3, -0.25) is 4.79 Å². The number of benzene rings is 2. The molecule has 5 aromatic rings. The average Bonchev–Trinajstić information content (AvgIpc) is 3.63. The molecule has 1 saturated heterocycles. The van der Waals surface area contributed by atoms with Gasteiger partial charge in [0.05, 0.1) is 16.8 Å². The van der Waals surface area contributed by atoms with Gasteiger partial charge in [0.1, 0.15) is 5.69 Å². The van der Waals surface area contributed by atoms with Gasteiger partial charge in [-0.15, -0.1) is 5.10 Å². The summed E-state index contributed by atoms with van der Waals surface area (Å²) in [6, 6.07) is 17.1. The van der Waals surface area contributed by atoms with Crippen LogP contribution in [0.2, 0.25) is 0 Å². The third kappa shape index (κ3) is 3.70. The van der Waals surface area contributed by atoms with Gasteiger partial charge in [-0.1, -0.05) is 29.8 Å². The number of pyridine rings is 1. The van der Waals surface area contributed by atoms with Crippen LogP contribution in [0, 0.1) is 6.92 Å². The summed E-state index contributed by atoms with van der Waals surface area (Å²) < 4.78 is 28.2. The van der Waals surface area contributed by atoms with Crippen LogP contribution in [0.3, 0.4) is 0 Å². The quantitative estimate of drug-likeness (QED) is 0.372. The van der Waals surface area contributed by atoms with Crippen LogP contribution in [0.25, 0.3) is 28.0 Å². The van der Waals surface area contributed by atoms with Crippen molar-refractivity contribution in [1.29, 1.82) is 0 Å². The van der Waals surface area contributed by atoms with Crippen molar-refractivity contribution in [2.75, 3.05) is 13.6 Å². The van der Waals surface area contributed by atoms with Gasteiger partial charge in [0.25, 0.3) is 15.9 Å². The summed E-state index contributed by atoms with van der Waals surface area (Å²) in [5, 5.41) is 20.6. The topological polar surface area (TPSA) is 123 Å². The van der Waals surface area contributed by atoms with E-state index in [0.717, 1.165) is 5.56 Å². The molecule has 192 valence electrons. The van der Waals surface area contributed by atoms with Gasteiger partial charge in [0.15, 0.2) is 11.2 Å². The molecule has 11 heteroatoms. The largest absolute Gasteiger partial charge is 0.375 e. The highest BCUT2D eigenvalue weighted by molar-refractivity contribution is 7.90. The Morgan fingerprint density at radius 1 is 1.05 bits per heavy atom. The molecule has 1 N–H and O–H groups in total. The summed E-state index contributed by atoms with van der Waals surface area (Å²) in [6.45, 7) is 2.36. The standard InChI is InChI=1S/C27H24N6O4S/c1-18-8-10-21(11-9-18)38(36,37)32-17-23(22-7-4-13-28-25(22)32)24-16-29-33(30-24)20-6-3-5-19(15-20)27(35)12-14-31(2)26(27)34/h3-11,13,15-17,35H,12,14H2,1-2H3. The minimum atomic E-state index is -3.91. The number of likely N-dealkylation sites (tertiary alicyclic amines) is 1. The molecule has 0 spiro atoms. The Hall–Kier alpha value is -4.35. The van der Waals surface area contributed by atoms with E-state index in [2.05, 4.69) is 15.2 Å². The second kappa shape index (κ2) is 8.61. The lowest BCUT2D eigenvalue weighted by Crippen LogP contribution is -2.36. The lowest BCUT2D eigenvalue weighted by atomic mass is 9.92. The van der Waals surface area contributed by atoms with E-state index in [0.29, 0.717) is 40.9 Å². The summed E-state index contributed by atoms with van der Waals surface area (Å²) in [5.41, 5.74) is 1.67. The maximum Gasteiger partial charge on any atom is 0.269 e. The minimum Gasteiger partial charge on any atom is -0.375 e. The van der Waals surface area contributed by atoms with Crippen LogP contribution in [0.1, 0.15) is 17.5 Å². The first-order valence-electron chi connectivity index (χ1n) is 12.0. The van der Waals surface area contributed by atoms with Crippen molar-refractivity contribution < 1.29 is 18.3 Å².